The van der Waals surface area contributed by atoms with Crippen LogP contribution in [-0.4, -0.2) is 15.2 Å². The van der Waals surface area contributed by atoms with Gasteiger partial charge in [-0.2, -0.15) is 5.10 Å². The Balaban J connectivity index is 2.48. The van der Waals surface area contributed by atoms with Crippen LogP contribution in [0.25, 0.3) is 11.4 Å². The topological polar surface area (TPSA) is 38.7 Å². The molecule has 0 saturated carbocycles. The van der Waals surface area contributed by atoms with E-state index in [0.717, 1.165) is 5.69 Å². The van der Waals surface area contributed by atoms with Crippen LogP contribution in [0.1, 0.15) is 0 Å². The van der Waals surface area contributed by atoms with Crippen LogP contribution in [0.15, 0.2) is 36.7 Å². The van der Waals surface area contributed by atoms with Crippen LogP contribution in [0.5, 0.6) is 0 Å². The smallest absolute Gasteiger partial charge is 0.113 e. The van der Waals surface area contributed by atoms with E-state index in [0.29, 0.717) is 10.7 Å². The lowest BCUT2D eigenvalue weighted by atomic mass is 10.2. The van der Waals surface area contributed by atoms with Gasteiger partial charge < -0.3 is 0 Å². The lowest BCUT2D eigenvalue weighted by Gasteiger charge is -1.97. The van der Waals surface area contributed by atoms with Crippen LogP contribution in [-0.2, 0) is 0 Å². The third kappa shape index (κ3) is 1.81. The molecule has 0 aromatic carbocycles. The minimum atomic E-state index is 0.565. The van der Waals surface area contributed by atoms with Crippen LogP contribution in [0.2, 0.25) is 5.02 Å². The van der Waals surface area contributed by atoms with Crippen molar-refractivity contribution in [3.8, 4) is 11.4 Å². The van der Waals surface area contributed by atoms with Gasteiger partial charge in [0.1, 0.15) is 5.69 Å². The number of aromatic nitrogens is 3. The molecule has 0 fully saturated rings. The molecule has 0 N–H and O–H groups in total. The first-order chi connectivity index (χ1) is 6.36. The van der Waals surface area contributed by atoms with E-state index in [9.17, 15) is 0 Å². The van der Waals surface area contributed by atoms with Crippen molar-refractivity contribution in [2.24, 2.45) is 0 Å². The van der Waals surface area contributed by atoms with E-state index in [4.69, 9.17) is 11.6 Å². The van der Waals surface area contributed by atoms with E-state index in [1.54, 1.807) is 12.3 Å². The molecular formula is C9H6ClN3. The van der Waals surface area contributed by atoms with Crippen molar-refractivity contribution < 1.29 is 0 Å². The van der Waals surface area contributed by atoms with Crippen LogP contribution in [0.4, 0.5) is 0 Å². The van der Waals surface area contributed by atoms with Gasteiger partial charge in [0.2, 0.25) is 0 Å². The standard InChI is InChI=1S/C9H6ClN3/c10-7-5-9(13-12-6-7)8-3-1-2-4-11-8/h1-6H. The van der Waals surface area contributed by atoms with E-state index < -0.39 is 0 Å². The second-order valence-electron chi connectivity index (χ2n) is 2.47. The van der Waals surface area contributed by atoms with Gasteiger partial charge in [-0.05, 0) is 18.2 Å². The Labute approximate surface area is 80.4 Å². The van der Waals surface area contributed by atoms with E-state index in [1.165, 1.54) is 6.20 Å². The van der Waals surface area contributed by atoms with E-state index in [-0.39, 0.29) is 0 Å². The molecule has 0 bridgehead atoms. The number of hydrogen-bond acceptors (Lipinski definition) is 3. The lowest BCUT2D eigenvalue weighted by molar-refractivity contribution is 1.03. The Morgan fingerprint density at radius 3 is 2.77 bits per heavy atom. The average Bonchev–Trinajstić information content (AvgIpc) is 2.19. The van der Waals surface area contributed by atoms with Gasteiger partial charge in [-0.15, -0.1) is 5.10 Å². The minimum absolute atomic E-state index is 0.565. The summed E-state index contributed by atoms with van der Waals surface area (Å²) in [6.07, 6.45) is 3.20. The van der Waals surface area contributed by atoms with Gasteiger partial charge in [-0.3, -0.25) is 4.98 Å². The quantitative estimate of drug-likeness (QED) is 0.694. The average molecular weight is 192 g/mol. The first-order valence-corrected chi connectivity index (χ1v) is 4.14. The molecule has 2 aromatic heterocycles. The summed E-state index contributed by atoms with van der Waals surface area (Å²) in [5.41, 5.74) is 1.46. The highest BCUT2D eigenvalue weighted by Gasteiger charge is 2.00. The molecule has 0 radical (unpaired) electrons. The van der Waals surface area contributed by atoms with Crippen LogP contribution in [0.3, 0.4) is 0 Å². The highest BCUT2D eigenvalue weighted by atomic mass is 35.5. The monoisotopic (exact) mass is 191 g/mol. The molecule has 0 aliphatic carbocycles. The maximum absolute atomic E-state index is 5.76. The Morgan fingerprint density at radius 2 is 2.08 bits per heavy atom. The molecule has 64 valence electrons. The van der Waals surface area contributed by atoms with Crippen LogP contribution >= 0.6 is 11.6 Å². The van der Waals surface area contributed by atoms with Gasteiger partial charge in [0.05, 0.1) is 16.9 Å². The highest BCUT2D eigenvalue weighted by Crippen LogP contribution is 2.15. The maximum Gasteiger partial charge on any atom is 0.113 e. The first kappa shape index (κ1) is 8.13. The fourth-order valence-electron chi connectivity index (χ4n) is 0.982. The van der Waals surface area contributed by atoms with Crippen molar-refractivity contribution in [3.05, 3.63) is 41.7 Å². The molecule has 0 unspecified atom stereocenters. The van der Waals surface area contributed by atoms with Gasteiger partial charge in [-0.1, -0.05) is 17.7 Å². The van der Waals surface area contributed by atoms with Gasteiger partial charge >= 0.3 is 0 Å². The van der Waals surface area contributed by atoms with Gasteiger partial charge in [0.25, 0.3) is 0 Å². The zero-order valence-electron chi connectivity index (χ0n) is 6.68. The van der Waals surface area contributed by atoms with Gasteiger partial charge in [-0.25, -0.2) is 0 Å². The lowest BCUT2D eigenvalue weighted by Crippen LogP contribution is -1.88. The van der Waals surface area contributed by atoms with E-state index >= 15 is 0 Å². The molecule has 3 nitrogen and oxygen atoms in total. The molecule has 0 atom stereocenters. The molecular weight excluding hydrogens is 186 g/mol. The fraction of sp³-hybridized carbons (Fsp3) is 0. The van der Waals surface area contributed by atoms with Crippen molar-refractivity contribution in [1.82, 2.24) is 15.2 Å². The molecule has 0 amide bonds. The second-order valence-corrected chi connectivity index (χ2v) is 2.91. The molecule has 2 rings (SSSR count). The van der Waals surface area contributed by atoms with E-state index in [2.05, 4.69) is 15.2 Å². The molecule has 2 heterocycles. The molecule has 2 aromatic rings. The van der Waals surface area contributed by atoms with Crippen molar-refractivity contribution in [2.75, 3.05) is 0 Å². The number of hydrogen-bond donors (Lipinski definition) is 0. The molecule has 0 aliphatic rings. The zero-order valence-corrected chi connectivity index (χ0v) is 7.44. The molecule has 13 heavy (non-hydrogen) atoms. The summed E-state index contributed by atoms with van der Waals surface area (Å²) in [6.45, 7) is 0. The Kier molecular flexibility index (Phi) is 2.19. The number of nitrogens with zero attached hydrogens (tertiary/aromatic N) is 3. The minimum Gasteiger partial charge on any atom is -0.255 e. The third-order valence-corrected chi connectivity index (χ3v) is 1.76. The van der Waals surface area contributed by atoms with Gasteiger partial charge in [0, 0.05) is 6.20 Å². The summed E-state index contributed by atoms with van der Waals surface area (Å²) in [6, 6.07) is 7.34. The van der Waals surface area contributed by atoms with Crippen molar-refractivity contribution in [2.45, 2.75) is 0 Å². The SMILES string of the molecule is Clc1cnnc(-c2ccccn2)c1. The van der Waals surface area contributed by atoms with Crippen molar-refractivity contribution in [1.29, 1.82) is 0 Å². The molecule has 0 saturated heterocycles. The Hall–Kier alpha value is -1.48. The van der Waals surface area contributed by atoms with Crippen LogP contribution < -0.4 is 0 Å². The highest BCUT2D eigenvalue weighted by molar-refractivity contribution is 6.30. The second kappa shape index (κ2) is 3.49. The fourth-order valence-corrected chi connectivity index (χ4v) is 1.13. The largest absolute Gasteiger partial charge is 0.255 e. The number of halogens is 1. The first-order valence-electron chi connectivity index (χ1n) is 3.76. The maximum atomic E-state index is 5.76. The summed E-state index contributed by atoms with van der Waals surface area (Å²) in [4.78, 5) is 4.13. The Bertz CT molecular complexity index is 403. The summed E-state index contributed by atoms with van der Waals surface area (Å²) in [7, 11) is 0. The summed E-state index contributed by atoms with van der Waals surface area (Å²) in [5.74, 6) is 0. The predicted molar refractivity (Wildman–Crippen MR) is 50.3 cm³/mol. The van der Waals surface area contributed by atoms with Gasteiger partial charge in [0.15, 0.2) is 0 Å². The zero-order chi connectivity index (χ0) is 9.10. The summed E-state index contributed by atoms with van der Waals surface area (Å²) < 4.78 is 0. The predicted octanol–water partition coefficient (Wildman–Crippen LogP) is 2.19. The summed E-state index contributed by atoms with van der Waals surface area (Å²) >= 11 is 5.76. The molecule has 0 spiro atoms. The molecule has 0 aliphatic heterocycles. The van der Waals surface area contributed by atoms with E-state index in [1.807, 2.05) is 18.2 Å². The van der Waals surface area contributed by atoms with Crippen molar-refractivity contribution in [3.63, 3.8) is 0 Å². The van der Waals surface area contributed by atoms with Crippen molar-refractivity contribution >= 4 is 11.6 Å². The number of rotatable bonds is 1. The third-order valence-electron chi connectivity index (χ3n) is 1.55. The number of pyridine rings is 1. The molecule has 4 heteroatoms. The summed E-state index contributed by atoms with van der Waals surface area (Å²) in [5, 5.41) is 8.22. The van der Waals surface area contributed by atoms with Crippen LogP contribution in [0, 0.1) is 0 Å². The normalized spacial score (nSPS) is 9.92. The Morgan fingerprint density at radius 1 is 1.15 bits per heavy atom.